The van der Waals surface area contributed by atoms with Crippen LogP contribution in [0.3, 0.4) is 0 Å². The number of carbonyl (C=O) groups excluding carboxylic acids is 1. The quantitative estimate of drug-likeness (QED) is 0.427. The summed E-state index contributed by atoms with van der Waals surface area (Å²) in [6, 6.07) is 2.31. The third kappa shape index (κ3) is 4.50. The van der Waals surface area contributed by atoms with Crippen LogP contribution in [-0.2, 0) is 25.8 Å². The minimum atomic E-state index is -3.58. The number of thiazole rings is 1. The molecule has 2 aliphatic rings. The van der Waals surface area contributed by atoms with Crippen LogP contribution in [0.5, 0.6) is 0 Å². The highest BCUT2D eigenvalue weighted by Crippen LogP contribution is 2.39. The van der Waals surface area contributed by atoms with E-state index < -0.39 is 26.3 Å². The molecule has 0 N–H and O–H groups in total. The number of ketones is 1. The zero-order chi connectivity index (χ0) is 23.9. The molecule has 1 saturated carbocycles. The number of fused-ring (bicyclic) bond motifs is 1. The third-order valence-corrected chi connectivity index (χ3v) is 9.56. The topological polar surface area (TPSA) is 95.5 Å². The van der Waals surface area contributed by atoms with Gasteiger partial charge in [-0.1, -0.05) is 11.3 Å². The zero-order valence-electron chi connectivity index (χ0n) is 18.3. The van der Waals surface area contributed by atoms with Crippen LogP contribution in [0.2, 0.25) is 0 Å². The Hall–Kier alpha value is -2.68. The fourth-order valence-corrected chi connectivity index (χ4v) is 7.02. The number of hydrogen-bond acceptors (Lipinski definition) is 7. The van der Waals surface area contributed by atoms with Gasteiger partial charge in [0.15, 0.2) is 26.4 Å². The maximum Gasteiger partial charge on any atom is 0.196 e. The van der Waals surface area contributed by atoms with Crippen molar-refractivity contribution in [1.29, 1.82) is 0 Å². The lowest BCUT2D eigenvalue weighted by atomic mass is 9.90. The van der Waals surface area contributed by atoms with Gasteiger partial charge in [0.25, 0.3) is 0 Å². The van der Waals surface area contributed by atoms with Gasteiger partial charge in [-0.3, -0.25) is 9.48 Å². The first-order valence-electron chi connectivity index (χ1n) is 11.2. The Bertz CT molecular complexity index is 1380. The number of Topliss-reactive ketones (excluding diaryl/α,β-unsaturated/α-hetero) is 1. The largest absolute Gasteiger partial charge is 0.381 e. The predicted octanol–water partition coefficient (Wildman–Crippen LogP) is 4.29. The number of sulfone groups is 1. The molecule has 1 unspecified atom stereocenters. The summed E-state index contributed by atoms with van der Waals surface area (Å²) >= 11 is 0.835. The summed E-state index contributed by atoms with van der Waals surface area (Å²) in [4.78, 5) is 21.0. The van der Waals surface area contributed by atoms with E-state index >= 15 is 0 Å². The Balaban J connectivity index is 1.58. The molecule has 8 nitrogen and oxygen atoms in total. The molecule has 1 aromatic carbocycles. The van der Waals surface area contributed by atoms with Gasteiger partial charge in [-0.25, -0.2) is 18.2 Å². The summed E-state index contributed by atoms with van der Waals surface area (Å²) < 4.78 is 46.7. The number of ether oxygens (including phenoxy) is 1. The molecule has 3 heterocycles. The maximum atomic E-state index is 13.5. The monoisotopic (exact) mass is 502 g/mol. The molecule has 2 aromatic heterocycles. The maximum absolute atomic E-state index is 13.5. The lowest BCUT2D eigenvalue weighted by Crippen LogP contribution is -2.27. The van der Waals surface area contributed by atoms with Crippen LogP contribution in [0.1, 0.15) is 43.2 Å². The van der Waals surface area contributed by atoms with E-state index in [1.54, 1.807) is 10.7 Å². The van der Waals surface area contributed by atoms with E-state index in [1.807, 2.05) is 0 Å². The van der Waals surface area contributed by atoms with Crippen LogP contribution >= 0.6 is 11.3 Å². The Labute approximate surface area is 200 Å². The summed E-state index contributed by atoms with van der Waals surface area (Å²) in [7, 11) is -3.58. The fourth-order valence-electron chi connectivity index (χ4n) is 4.51. The van der Waals surface area contributed by atoms with Gasteiger partial charge in [0, 0.05) is 18.6 Å². The van der Waals surface area contributed by atoms with Gasteiger partial charge in [-0.2, -0.15) is 9.49 Å². The predicted molar refractivity (Wildman–Crippen MR) is 124 cm³/mol. The third-order valence-electron chi connectivity index (χ3n) is 6.48. The first-order valence-corrected chi connectivity index (χ1v) is 13.6. The number of hydrogen-bond donors (Lipinski definition) is 0. The summed E-state index contributed by atoms with van der Waals surface area (Å²) in [5, 5.41) is 4.38. The molecule has 178 valence electrons. The van der Waals surface area contributed by atoms with E-state index in [0.29, 0.717) is 48.4 Å². The molecule has 2 fully saturated rings. The zero-order valence-corrected chi connectivity index (χ0v) is 19.9. The summed E-state index contributed by atoms with van der Waals surface area (Å²) in [5.41, 5.74) is 0.635. The van der Waals surface area contributed by atoms with E-state index in [9.17, 15) is 17.6 Å². The second-order valence-electron chi connectivity index (χ2n) is 8.83. The average Bonchev–Trinajstić information content (AvgIpc) is 3.51. The number of carbonyl (C=O) groups is 1. The summed E-state index contributed by atoms with van der Waals surface area (Å²) in [5.74, 6) is 0.0550. The van der Waals surface area contributed by atoms with E-state index in [4.69, 9.17) is 11.3 Å². The highest BCUT2D eigenvalue weighted by Gasteiger charge is 2.39. The molecule has 1 saturated heterocycles. The van der Waals surface area contributed by atoms with Crippen molar-refractivity contribution >= 4 is 43.5 Å². The Kier molecular flexibility index (Phi) is 6.22. The van der Waals surface area contributed by atoms with E-state index in [1.165, 1.54) is 12.3 Å². The molecule has 0 radical (unpaired) electrons. The minimum Gasteiger partial charge on any atom is -0.381 e. The molecule has 1 aliphatic heterocycles. The first-order chi connectivity index (χ1) is 16.4. The Morgan fingerprint density at radius 3 is 2.68 bits per heavy atom. The molecule has 5 rings (SSSR count). The van der Waals surface area contributed by atoms with Crippen molar-refractivity contribution in [3.8, 4) is 0 Å². The second-order valence-corrected chi connectivity index (χ2v) is 12.1. The number of halogens is 1. The van der Waals surface area contributed by atoms with Crippen LogP contribution in [0.15, 0.2) is 29.4 Å². The van der Waals surface area contributed by atoms with Crippen LogP contribution in [-0.4, -0.2) is 47.4 Å². The standard InChI is InChI=1S/C23H23FN4O4S2/c1-25-15-9-18-17(21(10-15)34(30,31)16-2-3-16)12-27-28(18)19(8-14-4-6-32-7-5-14)20(29)11-23-26-13-22(24)33-23/h9-10,12-14,16,19H,2-8,11H2. The van der Waals surface area contributed by atoms with Crippen molar-refractivity contribution in [3.63, 3.8) is 0 Å². The van der Waals surface area contributed by atoms with Crippen LogP contribution in [0, 0.1) is 17.6 Å². The highest BCUT2D eigenvalue weighted by atomic mass is 32.2. The summed E-state index contributed by atoms with van der Waals surface area (Å²) in [6.45, 7) is 8.73. The molecular weight excluding hydrogens is 479 g/mol. The minimum absolute atomic E-state index is 0.0421. The van der Waals surface area contributed by atoms with Crippen molar-refractivity contribution in [1.82, 2.24) is 14.8 Å². The average molecular weight is 503 g/mol. The molecule has 3 aromatic rings. The van der Waals surface area contributed by atoms with Gasteiger partial charge >= 0.3 is 0 Å². The fraction of sp³-hybridized carbons (Fsp3) is 0.478. The number of benzene rings is 1. The normalized spacial score (nSPS) is 18.1. The van der Waals surface area contributed by atoms with Gasteiger partial charge in [0.05, 0.1) is 41.0 Å². The van der Waals surface area contributed by atoms with Crippen molar-refractivity contribution in [2.75, 3.05) is 13.2 Å². The van der Waals surface area contributed by atoms with E-state index in [-0.39, 0.29) is 28.7 Å². The molecule has 0 bridgehead atoms. The number of nitrogens with zero attached hydrogens (tertiary/aromatic N) is 4. The van der Waals surface area contributed by atoms with Crippen molar-refractivity contribution in [3.05, 3.63) is 46.1 Å². The van der Waals surface area contributed by atoms with Gasteiger partial charge in [-0.05, 0) is 50.2 Å². The molecule has 1 aliphatic carbocycles. The molecular formula is C23H23FN4O4S2. The van der Waals surface area contributed by atoms with Crippen LogP contribution < -0.4 is 0 Å². The van der Waals surface area contributed by atoms with Crippen molar-refractivity contribution < 1.29 is 22.3 Å². The van der Waals surface area contributed by atoms with Crippen molar-refractivity contribution in [2.24, 2.45) is 5.92 Å². The van der Waals surface area contributed by atoms with Gasteiger partial charge in [0.1, 0.15) is 11.0 Å². The smallest absolute Gasteiger partial charge is 0.196 e. The molecule has 11 heteroatoms. The first kappa shape index (κ1) is 23.1. The number of aromatic nitrogens is 3. The molecule has 34 heavy (non-hydrogen) atoms. The Morgan fingerprint density at radius 2 is 2.03 bits per heavy atom. The highest BCUT2D eigenvalue weighted by molar-refractivity contribution is 7.92. The summed E-state index contributed by atoms with van der Waals surface area (Å²) in [6.07, 6.45) is 5.87. The van der Waals surface area contributed by atoms with E-state index in [0.717, 1.165) is 30.4 Å². The van der Waals surface area contributed by atoms with Gasteiger partial charge in [0.2, 0.25) is 0 Å². The van der Waals surface area contributed by atoms with Gasteiger partial charge < -0.3 is 4.74 Å². The SMILES string of the molecule is [C-]#[N+]c1cc(S(=O)(=O)C2CC2)c2cnn(C(CC3CCOCC3)C(=O)Cc3ncc(F)s3)c2c1. The lowest BCUT2D eigenvalue weighted by Gasteiger charge is -2.26. The molecule has 1 atom stereocenters. The van der Waals surface area contributed by atoms with Crippen LogP contribution in [0.4, 0.5) is 10.1 Å². The van der Waals surface area contributed by atoms with Gasteiger partial charge in [-0.15, -0.1) is 0 Å². The van der Waals surface area contributed by atoms with E-state index in [2.05, 4.69) is 14.9 Å². The second kappa shape index (κ2) is 9.17. The molecule has 0 amide bonds. The lowest BCUT2D eigenvalue weighted by molar-refractivity contribution is -0.122. The molecule has 0 spiro atoms. The van der Waals surface area contributed by atoms with Crippen molar-refractivity contribution in [2.45, 2.75) is 54.7 Å². The number of rotatable bonds is 8. The van der Waals surface area contributed by atoms with Crippen LogP contribution in [0.25, 0.3) is 15.7 Å². The Morgan fingerprint density at radius 1 is 1.26 bits per heavy atom.